The molecule has 1 fully saturated rings. The van der Waals surface area contributed by atoms with Gasteiger partial charge in [-0.2, -0.15) is 0 Å². The number of aromatic amines is 1. The van der Waals surface area contributed by atoms with Gasteiger partial charge in [0.2, 0.25) is 5.91 Å². The SMILES string of the molecule is Cc1cccc(C(CC(=O)N2CCCCC2)c2c[nH]c3ccccc23)c1. The van der Waals surface area contributed by atoms with Crippen molar-refractivity contribution >= 4 is 16.8 Å². The molecule has 0 aliphatic carbocycles. The highest BCUT2D eigenvalue weighted by atomic mass is 16.2. The minimum absolute atomic E-state index is 0.0838. The van der Waals surface area contributed by atoms with Gasteiger partial charge in [0.15, 0.2) is 0 Å². The Morgan fingerprint density at radius 1 is 1.08 bits per heavy atom. The fourth-order valence-corrected chi connectivity index (χ4v) is 4.12. The summed E-state index contributed by atoms with van der Waals surface area (Å²) in [5.74, 6) is 0.363. The lowest BCUT2D eigenvalue weighted by atomic mass is 9.87. The number of nitrogens with zero attached hydrogens (tertiary/aromatic N) is 1. The number of fused-ring (bicyclic) bond motifs is 1. The van der Waals surface area contributed by atoms with Crippen LogP contribution in [0.15, 0.2) is 54.7 Å². The van der Waals surface area contributed by atoms with E-state index in [9.17, 15) is 4.79 Å². The van der Waals surface area contributed by atoms with Gasteiger partial charge in [0.25, 0.3) is 0 Å². The average molecular weight is 346 g/mol. The van der Waals surface area contributed by atoms with Gasteiger partial charge in [0.1, 0.15) is 0 Å². The highest BCUT2D eigenvalue weighted by Gasteiger charge is 2.25. The van der Waals surface area contributed by atoms with Crippen LogP contribution in [0, 0.1) is 6.92 Å². The van der Waals surface area contributed by atoms with Crippen LogP contribution in [0.2, 0.25) is 0 Å². The summed E-state index contributed by atoms with van der Waals surface area (Å²) in [5.41, 5.74) is 4.81. The summed E-state index contributed by atoms with van der Waals surface area (Å²) >= 11 is 0. The molecule has 3 heteroatoms. The van der Waals surface area contributed by atoms with E-state index < -0.39 is 0 Å². The first-order chi connectivity index (χ1) is 12.7. The van der Waals surface area contributed by atoms with Crippen molar-refractivity contribution in [2.45, 2.75) is 38.5 Å². The summed E-state index contributed by atoms with van der Waals surface area (Å²) in [6.45, 7) is 3.93. The third kappa shape index (κ3) is 3.39. The highest BCUT2D eigenvalue weighted by molar-refractivity contribution is 5.86. The third-order valence-electron chi connectivity index (χ3n) is 5.53. The maximum absolute atomic E-state index is 13.0. The van der Waals surface area contributed by atoms with Crippen LogP contribution in [-0.2, 0) is 4.79 Å². The van der Waals surface area contributed by atoms with Crippen molar-refractivity contribution in [3.8, 4) is 0 Å². The van der Waals surface area contributed by atoms with E-state index in [2.05, 4.69) is 65.5 Å². The van der Waals surface area contributed by atoms with Gasteiger partial charge in [-0.05, 0) is 43.4 Å². The fraction of sp³-hybridized carbons (Fsp3) is 0.348. The highest BCUT2D eigenvalue weighted by Crippen LogP contribution is 2.34. The number of para-hydroxylation sites is 1. The topological polar surface area (TPSA) is 36.1 Å². The van der Waals surface area contributed by atoms with E-state index in [1.165, 1.54) is 28.5 Å². The number of carbonyl (C=O) groups is 1. The first-order valence-electron chi connectivity index (χ1n) is 9.63. The quantitative estimate of drug-likeness (QED) is 0.708. The number of hydrogen-bond acceptors (Lipinski definition) is 1. The Hall–Kier alpha value is -2.55. The Morgan fingerprint density at radius 2 is 1.88 bits per heavy atom. The van der Waals surface area contributed by atoms with Crippen molar-refractivity contribution in [3.05, 3.63) is 71.4 Å². The normalized spacial score (nSPS) is 16.0. The number of amides is 1. The predicted octanol–water partition coefficient (Wildman–Crippen LogP) is 5.01. The summed E-state index contributed by atoms with van der Waals surface area (Å²) in [6.07, 6.45) is 6.13. The van der Waals surface area contributed by atoms with Crippen LogP contribution in [0.25, 0.3) is 10.9 Å². The molecule has 2 heterocycles. The van der Waals surface area contributed by atoms with Crippen molar-refractivity contribution in [1.29, 1.82) is 0 Å². The second-order valence-electron chi connectivity index (χ2n) is 7.40. The van der Waals surface area contributed by atoms with Gasteiger partial charge in [0, 0.05) is 42.5 Å². The van der Waals surface area contributed by atoms with Crippen LogP contribution >= 0.6 is 0 Å². The van der Waals surface area contributed by atoms with Crippen molar-refractivity contribution < 1.29 is 4.79 Å². The first-order valence-corrected chi connectivity index (χ1v) is 9.63. The second-order valence-corrected chi connectivity index (χ2v) is 7.40. The van der Waals surface area contributed by atoms with Gasteiger partial charge < -0.3 is 9.88 Å². The van der Waals surface area contributed by atoms with Gasteiger partial charge in [-0.15, -0.1) is 0 Å². The minimum Gasteiger partial charge on any atom is -0.361 e. The molecule has 0 radical (unpaired) electrons. The van der Waals surface area contributed by atoms with Gasteiger partial charge in [-0.1, -0.05) is 48.0 Å². The largest absolute Gasteiger partial charge is 0.361 e. The third-order valence-corrected chi connectivity index (χ3v) is 5.53. The van der Waals surface area contributed by atoms with Crippen molar-refractivity contribution in [3.63, 3.8) is 0 Å². The maximum Gasteiger partial charge on any atom is 0.223 e. The number of H-pyrrole nitrogens is 1. The van der Waals surface area contributed by atoms with Gasteiger partial charge >= 0.3 is 0 Å². The molecule has 1 aromatic heterocycles. The molecule has 134 valence electrons. The fourth-order valence-electron chi connectivity index (χ4n) is 4.12. The van der Waals surface area contributed by atoms with Crippen molar-refractivity contribution in [1.82, 2.24) is 9.88 Å². The van der Waals surface area contributed by atoms with Crippen LogP contribution in [0.4, 0.5) is 0 Å². The molecule has 1 atom stereocenters. The van der Waals surface area contributed by atoms with Crippen molar-refractivity contribution in [2.75, 3.05) is 13.1 Å². The van der Waals surface area contributed by atoms with Gasteiger partial charge in [-0.3, -0.25) is 4.79 Å². The standard InChI is InChI=1S/C23H26N2O/c1-17-8-7-9-18(14-17)20(15-23(26)25-12-5-2-6-13-25)21-16-24-22-11-4-3-10-19(21)22/h3-4,7-11,14,16,20,24H,2,5-6,12-13,15H2,1H3. The lowest BCUT2D eigenvalue weighted by Crippen LogP contribution is -2.36. The molecule has 0 spiro atoms. The second kappa shape index (κ2) is 7.36. The molecule has 4 rings (SSSR count). The van der Waals surface area contributed by atoms with Crippen LogP contribution in [0.1, 0.15) is 48.3 Å². The summed E-state index contributed by atoms with van der Waals surface area (Å²) in [5, 5.41) is 1.21. The Balaban J connectivity index is 1.71. The summed E-state index contributed by atoms with van der Waals surface area (Å²) < 4.78 is 0. The van der Waals surface area contributed by atoms with Gasteiger partial charge in [-0.25, -0.2) is 0 Å². The zero-order valence-corrected chi connectivity index (χ0v) is 15.4. The zero-order chi connectivity index (χ0) is 17.9. The molecule has 26 heavy (non-hydrogen) atoms. The van der Waals surface area contributed by atoms with Crippen LogP contribution in [0.3, 0.4) is 0 Å². The van der Waals surface area contributed by atoms with Crippen LogP contribution < -0.4 is 0 Å². The predicted molar refractivity (Wildman–Crippen MR) is 106 cm³/mol. The Labute approximate surface area is 155 Å². The van der Waals surface area contributed by atoms with Crippen LogP contribution in [-0.4, -0.2) is 28.9 Å². The number of aryl methyl sites for hydroxylation is 1. The average Bonchev–Trinajstić information content (AvgIpc) is 3.10. The van der Waals surface area contributed by atoms with E-state index in [0.717, 1.165) is 31.4 Å². The molecule has 3 aromatic rings. The molecule has 0 bridgehead atoms. The Kier molecular flexibility index (Phi) is 4.79. The first kappa shape index (κ1) is 16.9. The van der Waals surface area contributed by atoms with E-state index in [1.807, 2.05) is 6.07 Å². The molecule has 1 amide bonds. The number of nitrogens with one attached hydrogen (secondary N) is 1. The lowest BCUT2D eigenvalue weighted by Gasteiger charge is -2.28. The van der Waals surface area contributed by atoms with E-state index >= 15 is 0 Å². The number of carbonyl (C=O) groups excluding carboxylic acids is 1. The zero-order valence-electron chi connectivity index (χ0n) is 15.4. The molecule has 1 unspecified atom stereocenters. The number of benzene rings is 2. The number of likely N-dealkylation sites (tertiary alicyclic amines) is 1. The van der Waals surface area contributed by atoms with Gasteiger partial charge in [0.05, 0.1) is 0 Å². The molecule has 1 aliphatic heterocycles. The number of rotatable bonds is 4. The summed E-state index contributed by atoms with van der Waals surface area (Å²) in [7, 11) is 0. The van der Waals surface area contributed by atoms with E-state index in [-0.39, 0.29) is 11.8 Å². The smallest absolute Gasteiger partial charge is 0.223 e. The molecular formula is C23H26N2O. The van der Waals surface area contributed by atoms with E-state index in [1.54, 1.807) is 0 Å². The molecule has 1 saturated heterocycles. The molecule has 0 saturated carbocycles. The molecule has 3 nitrogen and oxygen atoms in total. The summed E-state index contributed by atoms with van der Waals surface area (Å²) in [4.78, 5) is 18.5. The Morgan fingerprint density at radius 3 is 2.69 bits per heavy atom. The van der Waals surface area contributed by atoms with E-state index in [4.69, 9.17) is 0 Å². The lowest BCUT2D eigenvalue weighted by molar-refractivity contribution is -0.132. The van der Waals surface area contributed by atoms with Crippen LogP contribution in [0.5, 0.6) is 0 Å². The maximum atomic E-state index is 13.0. The molecular weight excluding hydrogens is 320 g/mol. The molecule has 1 aliphatic rings. The number of aromatic nitrogens is 1. The minimum atomic E-state index is 0.0838. The number of piperidine rings is 1. The van der Waals surface area contributed by atoms with E-state index in [0.29, 0.717) is 6.42 Å². The monoisotopic (exact) mass is 346 g/mol. The molecule has 2 aromatic carbocycles. The van der Waals surface area contributed by atoms with Crippen molar-refractivity contribution in [2.24, 2.45) is 0 Å². The number of hydrogen-bond donors (Lipinski definition) is 1. The Bertz CT molecular complexity index is 905. The molecule has 1 N–H and O–H groups in total. The summed E-state index contributed by atoms with van der Waals surface area (Å²) in [6, 6.07) is 16.9.